The van der Waals surface area contributed by atoms with Gasteiger partial charge in [0.15, 0.2) is 0 Å². The summed E-state index contributed by atoms with van der Waals surface area (Å²) in [5.41, 5.74) is 0.567. The highest BCUT2D eigenvalue weighted by molar-refractivity contribution is 6.31. The summed E-state index contributed by atoms with van der Waals surface area (Å²) in [5.74, 6) is 1.07. The molecular formula is C15H19Cl2F. The molecule has 18 heavy (non-hydrogen) atoms. The minimum absolute atomic E-state index is 0.00750. The van der Waals surface area contributed by atoms with Crippen molar-refractivity contribution < 1.29 is 4.39 Å². The van der Waals surface area contributed by atoms with Crippen molar-refractivity contribution in [2.24, 2.45) is 11.8 Å². The van der Waals surface area contributed by atoms with Gasteiger partial charge in [0.25, 0.3) is 0 Å². The van der Waals surface area contributed by atoms with Gasteiger partial charge in [0, 0.05) is 16.0 Å². The Labute approximate surface area is 118 Å². The lowest BCUT2D eigenvalue weighted by Gasteiger charge is -2.29. The molecule has 0 spiro atoms. The van der Waals surface area contributed by atoms with Crippen LogP contribution in [0.5, 0.6) is 0 Å². The molecule has 1 aromatic rings. The zero-order valence-corrected chi connectivity index (χ0v) is 12.1. The second kappa shape index (κ2) is 6.25. The summed E-state index contributed by atoms with van der Waals surface area (Å²) in [6, 6.07) is 4.81. The van der Waals surface area contributed by atoms with Gasteiger partial charge in [-0.2, -0.15) is 0 Å². The summed E-state index contributed by atoms with van der Waals surface area (Å²) in [7, 11) is 0. The van der Waals surface area contributed by atoms with Crippen LogP contribution in [0.4, 0.5) is 4.39 Å². The minimum Gasteiger partial charge on any atom is -0.207 e. The van der Waals surface area contributed by atoms with E-state index in [9.17, 15) is 4.39 Å². The lowest BCUT2D eigenvalue weighted by atomic mass is 9.80. The van der Waals surface area contributed by atoms with Crippen molar-refractivity contribution in [3.05, 3.63) is 34.6 Å². The van der Waals surface area contributed by atoms with Crippen LogP contribution >= 0.6 is 23.2 Å². The fourth-order valence-electron chi connectivity index (χ4n) is 2.74. The van der Waals surface area contributed by atoms with Crippen molar-refractivity contribution in [3.8, 4) is 0 Å². The van der Waals surface area contributed by atoms with Crippen molar-refractivity contribution >= 4 is 23.2 Å². The summed E-state index contributed by atoms with van der Waals surface area (Å²) >= 11 is 12.5. The van der Waals surface area contributed by atoms with E-state index >= 15 is 0 Å². The molecule has 1 atom stereocenters. The lowest BCUT2D eigenvalue weighted by molar-refractivity contribution is 0.280. The summed E-state index contributed by atoms with van der Waals surface area (Å²) < 4.78 is 13.7. The Hall–Kier alpha value is -0.270. The molecule has 0 aromatic heterocycles. The summed E-state index contributed by atoms with van der Waals surface area (Å²) in [6.07, 6.45) is 5.31. The Kier molecular flexibility index (Phi) is 4.91. The van der Waals surface area contributed by atoms with Crippen LogP contribution in [-0.4, -0.2) is 5.38 Å². The smallest absolute Gasteiger partial charge is 0.127 e. The van der Waals surface area contributed by atoms with Crippen LogP contribution in [0.3, 0.4) is 0 Å². The van der Waals surface area contributed by atoms with Gasteiger partial charge in [0.1, 0.15) is 5.82 Å². The van der Waals surface area contributed by atoms with E-state index < -0.39 is 0 Å². The second-order valence-electron chi connectivity index (χ2n) is 5.44. The van der Waals surface area contributed by atoms with E-state index in [1.54, 1.807) is 12.1 Å². The van der Waals surface area contributed by atoms with E-state index in [4.69, 9.17) is 23.2 Å². The molecule has 1 aromatic carbocycles. The Morgan fingerprint density at radius 3 is 2.56 bits per heavy atom. The second-order valence-corrected chi connectivity index (χ2v) is 6.41. The number of hydrogen-bond donors (Lipinski definition) is 0. The summed E-state index contributed by atoms with van der Waals surface area (Å²) in [6.45, 7) is 2.28. The highest BCUT2D eigenvalue weighted by Gasteiger charge is 2.26. The maximum Gasteiger partial charge on any atom is 0.127 e. The molecule has 1 unspecified atom stereocenters. The Morgan fingerprint density at radius 1 is 1.28 bits per heavy atom. The standard InChI is InChI=1S/C15H19Cl2F/c1-10-5-7-11(8-6-10)14(17)9-12-13(16)3-2-4-15(12)18/h2-4,10-11,14H,5-9H2,1H3. The molecule has 1 fully saturated rings. The molecule has 0 bridgehead atoms. The van der Waals surface area contributed by atoms with Crippen LogP contribution in [0.25, 0.3) is 0 Å². The first-order valence-electron chi connectivity index (χ1n) is 6.65. The predicted octanol–water partition coefficient (Wildman–Crippen LogP) is 5.46. The molecular weight excluding hydrogens is 270 g/mol. The molecule has 0 heterocycles. The fourth-order valence-corrected chi connectivity index (χ4v) is 3.38. The fraction of sp³-hybridized carbons (Fsp3) is 0.600. The average Bonchev–Trinajstić information content (AvgIpc) is 2.34. The van der Waals surface area contributed by atoms with Crippen molar-refractivity contribution in [2.75, 3.05) is 0 Å². The van der Waals surface area contributed by atoms with E-state index in [0.29, 0.717) is 22.9 Å². The molecule has 0 N–H and O–H groups in total. The zero-order valence-electron chi connectivity index (χ0n) is 10.6. The molecule has 0 nitrogen and oxygen atoms in total. The molecule has 1 aliphatic carbocycles. The number of alkyl halides is 1. The van der Waals surface area contributed by atoms with Gasteiger partial charge in [-0.1, -0.05) is 37.4 Å². The number of benzene rings is 1. The SMILES string of the molecule is CC1CCC(C(Cl)Cc2c(F)cccc2Cl)CC1. The van der Waals surface area contributed by atoms with E-state index in [2.05, 4.69) is 6.92 Å². The molecule has 0 radical (unpaired) electrons. The van der Waals surface area contributed by atoms with E-state index in [0.717, 1.165) is 18.8 Å². The van der Waals surface area contributed by atoms with Crippen LogP contribution < -0.4 is 0 Å². The van der Waals surface area contributed by atoms with Crippen molar-refractivity contribution in [3.63, 3.8) is 0 Å². The molecule has 2 rings (SSSR count). The molecule has 3 heteroatoms. The Balaban J connectivity index is 2.00. The predicted molar refractivity (Wildman–Crippen MR) is 75.9 cm³/mol. The van der Waals surface area contributed by atoms with Crippen molar-refractivity contribution in [2.45, 2.75) is 44.4 Å². The van der Waals surface area contributed by atoms with Gasteiger partial charge in [-0.3, -0.25) is 0 Å². The lowest BCUT2D eigenvalue weighted by Crippen LogP contribution is -2.23. The van der Waals surface area contributed by atoms with Gasteiger partial charge in [0.2, 0.25) is 0 Å². The van der Waals surface area contributed by atoms with Crippen LogP contribution in [0, 0.1) is 17.7 Å². The molecule has 1 aliphatic rings. The molecule has 0 aliphatic heterocycles. The third-order valence-electron chi connectivity index (χ3n) is 4.03. The third-order valence-corrected chi connectivity index (χ3v) is 4.90. The quantitative estimate of drug-likeness (QED) is 0.648. The van der Waals surface area contributed by atoms with Crippen molar-refractivity contribution in [1.82, 2.24) is 0 Å². The zero-order chi connectivity index (χ0) is 13.1. The summed E-state index contributed by atoms with van der Waals surface area (Å²) in [4.78, 5) is 0. The molecule has 1 saturated carbocycles. The van der Waals surface area contributed by atoms with Crippen LogP contribution in [0.2, 0.25) is 5.02 Å². The first-order chi connectivity index (χ1) is 8.58. The highest BCUT2D eigenvalue weighted by atomic mass is 35.5. The first kappa shape index (κ1) is 14.1. The van der Waals surface area contributed by atoms with E-state index in [1.165, 1.54) is 18.9 Å². The highest BCUT2D eigenvalue weighted by Crippen LogP contribution is 2.35. The molecule has 0 saturated heterocycles. The van der Waals surface area contributed by atoms with E-state index in [-0.39, 0.29) is 11.2 Å². The third kappa shape index (κ3) is 3.39. The Morgan fingerprint density at radius 2 is 1.94 bits per heavy atom. The van der Waals surface area contributed by atoms with Gasteiger partial charge in [-0.25, -0.2) is 4.39 Å². The van der Waals surface area contributed by atoms with Crippen molar-refractivity contribution in [1.29, 1.82) is 0 Å². The van der Waals surface area contributed by atoms with Gasteiger partial charge in [0.05, 0.1) is 0 Å². The monoisotopic (exact) mass is 288 g/mol. The van der Waals surface area contributed by atoms with Gasteiger partial charge >= 0.3 is 0 Å². The van der Waals surface area contributed by atoms with Crippen LogP contribution in [0.15, 0.2) is 18.2 Å². The van der Waals surface area contributed by atoms with Crippen LogP contribution in [-0.2, 0) is 6.42 Å². The maximum absolute atomic E-state index is 13.7. The van der Waals surface area contributed by atoms with E-state index in [1.807, 2.05) is 0 Å². The molecule has 100 valence electrons. The Bertz CT molecular complexity index is 377. The molecule has 0 amide bonds. The first-order valence-corrected chi connectivity index (χ1v) is 7.46. The maximum atomic E-state index is 13.7. The minimum atomic E-state index is -0.239. The topological polar surface area (TPSA) is 0 Å². The number of hydrogen-bond acceptors (Lipinski definition) is 0. The van der Waals surface area contributed by atoms with Gasteiger partial charge in [-0.15, -0.1) is 11.6 Å². The average molecular weight is 289 g/mol. The number of rotatable bonds is 3. The van der Waals surface area contributed by atoms with Gasteiger partial charge < -0.3 is 0 Å². The summed E-state index contributed by atoms with van der Waals surface area (Å²) in [5, 5.41) is 0.483. The number of halogens is 3. The van der Waals surface area contributed by atoms with Crippen LogP contribution in [0.1, 0.15) is 38.2 Å². The van der Waals surface area contributed by atoms with Gasteiger partial charge in [-0.05, 0) is 43.2 Å². The normalized spacial score (nSPS) is 26.0. The largest absolute Gasteiger partial charge is 0.207 e.